The minimum atomic E-state index is 0.0920. The van der Waals surface area contributed by atoms with Crippen molar-refractivity contribution in [3.63, 3.8) is 0 Å². The molecular formula is C15H18N3+. The average molecular weight is 240 g/mol. The van der Waals surface area contributed by atoms with Gasteiger partial charge in [0.15, 0.2) is 6.54 Å². The average Bonchev–Trinajstić information content (AvgIpc) is 2.84. The predicted molar refractivity (Wildman–Crippen MR) is 68.9 cm³/mol. The topological polar surface area (TPSA) is 21.7 Å². The van der Waals surface area contributed by atoms with Gasteiger partial charge in [-0.3, -0.25) is 0 Å². The van der Waals surface area contributed by atoms with Gasteiger partial charge in [-0.2, -0.15) is 4.57 Å². The van der Waals surface area contributed by atoms with Crippen LogP contribution in [0.15, 0.2) is 24.5 Å². The Kier molecular flexibility index (Phi) is 1.53. The van der Waals surface area contributed by atoms with Crippen LogP contribution in [-0.4, -0.2) is 9.55 Å². The molecule has 2 aromatic heterocycles. The number of hydrogen-bond acceptors (Lipinski definition) is 1. The van der Waals surface area contributed by atoms with E-state index in [4.69, 9.17) is 0 Å². The molecule has 4 rings (SSSR count). The zero-order chi connectivity index (χ0) is 12.7. The summed E-state index contributed by atoms with van der Waals surface area (Å²) in [5.41, 5.74) is 2.98. The zero-order valence-corrected chi connectivity index (χ0v) is 11.4. The van der Waals surface area contributed by atoms with Crippen LogP contribution in [0.4, 0.5) is 0 Å². The van der Waals surface area contributed by atoms with E-state index in [0.717, 1.165) is 6.54 Å². The van der Waals surface area contributed by atoms with Crippen LogP contribution in [0.3, 0.4) is 0 Å². The maximum absolute atomic E-state index is 4.62. The minimum absolute atomic E-state index is 0.0920. The van der Waals surface area contributed by atoms with Crippen molar-refractivity contribution < 1.29 is 4.57 Å². The van der Waals surface area contributed by atoms with E-state index in [1.165, 1.54) is 22.9 Å². The third kappa shape index (κ3) is 0.867. The van der Waals surface area contributed by atoms with Gasteiger partial charge in [0.05, 0.1) is 12.4 Å². The van der Waals surface area contributed by atoms with Crippen LogP contribution in [0.25, 0.3) is 5.82 Å². The molecule has 4 heterocycles. The molecule has 0 aromatic carbocycles. The van der Waals surface area contributed by atoms with Crippen molar-refractivity contribution in [1.29, 1.82) is 0 Å². The van der Waals surface area contributed by atoms with Crippen molar-refractivity contribution in [1.82, 2.24) is 9.55 Å². The van der Waals surface area contributed by atoms with Crippen molar-refractivity contribution in [2.45, 2.75) is 45.1 Å². The fourth-order valence-corrected chi connectivity index (χ4v) is 3.40. The summed E-state index contributed by atoms with van der Waals surface area (Å²) in [4.78, 5) is 4.62. The van der Waals surface area contributed by atoms with Crippen LogP contribution in [0.2, 0.25) is 0 Å². The summed E-state index contributed by atoms with van der Waals surface area (Å²) >= 11 is 0. The molecule has 0 spiro atoms. The SMILES string of the molecule is CC1(C)c2ccc[n+]3c2-n2c(cnc2C3)C1(C)C. The lowest BCUT2D eigenvalue weighted by Crippen LogP contribution is -2.48. The maximum atomic E-state index is 4.62. The Labute approximate surface area is 107 Å². The third-order valence-electron chi connectivity index (χ3n) is 5.28. The summed E-state index contributed by atoms with van der Waals surface area (Å²) in [6.45, 7) is 10.2. The summed E-state index contributed by atoms with van der Waals surface area (Å²) in [6, 6.07) is 4.43. The number of hydrogen-bond donors (Lipinski definition) is 0. The quantitative estimate of drug-likeness (QED) is 0.551. The molecule has 92 valence electrons. The second-order valence-electron chi connectivity index (χ2n) is 6.52. The largest absolute Gasteiger partial charge is 0.292 e. The molecule has 0 fully saturated rings. The molecule has 0 unspecified atom stereocenters. The van der Waals surface area contributed by atoms with Crippen LogP contribution in [0.1, 0.15) is 44.8 Å². The Hall–Kier alpha value is -1.64. The lowest BCUT2D eigenvalue weighted by Gasteiger charge is -2.43. The summed E-state index contributed by atoms with van der Waals surface area (Å²) in [5, 5.41) is 0. The van der Waals surface area contributed by atoms with Crippen LogP contribution >= 0.6 is 0 Å². The first-order chi connectivity index (χ1) is 8.44. The minimum Gasteiger partial charge on any atom is -0.224 e. The summed E-state index contributed by atoms with van der Waals surface area (Å²) < 4.78 is 4.68. The molecule has 0 bridgehead atoms. The van der Waals surface area contributed by atoms with Crippen molar-refractivity contribution in [3.8, 4) is 5.82 Å². The summed E-state index contributed by atoms with van der Waals surface area (Å²) in [5.74, 6) is 2.49. The molecule has 0 saturated heterocycles. The number of rotatable bonds is 0. The van der Waals surface area contributed by atoms with Gasteiger partial charge in [-0.15, -0.1) is 0 Å². The smallest absolute Gasteiger partial charge is 0.224 e. The van der Waals surface area contributed by atoms with Gasteiger partial charge in [0, 0.05) is 16.4 Å². The van der Waals surface area contributed by atoms with E-state index in [2.05, 4.69) is 66.3 Å². The van der Waals surface area contributed by atoms with Crippen molar-refractivity contribution >= 4 is 0 Å². The number of aromatic nitrogens is 3. The lowest BCUT2D eigenvalue weighted by molar-refractivity contribution is -0.675. The van der Waals surface area contributed by atoms with Gasteiger partial charge in [0.25, 0.3) is 5.82 Å². The normalized spacial score (nSPS) is 20.9. The van der Waals surface area contributed by atoms with Crippen LogP contribution in [0.5, 0.6) is 0 Å². The van der Waals surface area contributed by atoms with Gasteiger partial charge in [0.1, 0.15) is 5.69 Å². The molecule has 0 N–H and O–H groups in total. The van der Waals surface area contributed by atoms with Gasteiger partial charge in [-0.05, 0) is 12.1 Å². The van der Waals surface area contributed by atoms with Gasteiger partial charge in [0.2, 0.25) is 5.82 Å². The molecule has 0 amide bonds. The highest BCUT2D eigenvalue weighted by molar-refractivity contribution is 5.49. The first kappa shape index (κ1) is 10.3. The number of imidazole rings is 1. The highest BCUT2D eigenvalue weighted by atomic mass is 15.3. The summed E-state index contributed by atoms with van der Waals surface area (Å²) in [6.07, 6.45) is 4.22. The first-order valence-corrected chi connectivity index (χ1v) is 6.55. The van der Waals surface area contributed by atoms with E-state index >= 15 is 0 Å². The van der Waals surface area contributed by atoms with E-state index in [0.29, 0.717) is 0 Å². The van der Waals surface area contributed by atoms with Gasteiger partial charge < -0.3 is 0 Å². The van der Waals surface area contributed by atoms with Crippen LogP contribution < -0.4 is 4.57 Å². The molecule has 3 heteroatoms. The molecule has 18 heavy (non-hydrogen) atoms. The maximum Gasteiger partial charge on any atom is 0.292 e. The molecule has 0 radical (unpaired) electrons. The van der Waals surface area contributed by atoms with Gasteiger partial charge in [-0.25, -0.2) is 9.55 Å². The van der Waals surface area contributed by atoms with Crippen LogP contribution in [0, 0.1) is 0 Å². The molecule has 0 aliphatic carbocycles. The Morgan fingerprint density at radius 2 is 2.00 bits per heavy atom. The van der Waals surface area contributed by atoms with E-state index in [9.17, 15) is 0 Å². The van der Waals surface area contributed by atoms with Gasteiger partial charge >= 0.3 is 0 Å². The summed E-state index contributed by atoms with van der Waals surface area (Å²) in [7, 11) is 0. The standard InChI is InChI=1S/C15H18N3/c1-14(2)10-6-5-7-17-9-12-16-8-11(15(14,3)4)18(12)13(10)17/h5-8H,9H2,1-4H3/q+1. The van der Waals surface area contributed by atoms with Gasteiger partial charge in [-0.1, -0.05) is 27.7 Å². The number of pyridine rings is 1. The lowest BCUT2D eigenvalue weighted by atomic mass is 9.61. The molecule has 2 aromatic rings. The third-order valence-corrected chi connectivity index (χ3v) is 5.28. The van der Waals surface area contributed by atoms with Crippen molar-refractivity contribution in [2.75, 3.05) is 0 Å². The van der Waals surface area contributed by atoms with E-state index < -0.39 is 0 Å². The second-order valence-corrected chi connectivity index (χ2v) is 6.52. The first-order valence-electron chi connectivity index (χ1n) is 6.55. The van der Waals surface area contributed by atoms with E-state index in [-0.39, 0.29) is 10.8 Å². The Morgan fingerprint density at radius 3 is 2.78 bits per heavy atom. The predicted octanol–water partition coefficient (Wildman–Crippen LogP) is 2.09. The van der Waals surface area contributed by atoms with E-state index in [1.807, 2.05) is 0 Å². The Balaban J connectivity index is 2.21. The fourth-order valence-electron chi connectivity index (χ4n) is 3.40. The molecule has 2 aliphatic rings. The fraction of sp³-hybridized carbons (Fsp3) is 0.467. The Morgan fingerprint density at radius 1 is 1.22 bits per heavy atom. The zero-order valence-electron chi connectivity index (χ0n) is 11.4. The van der Waals surface area contributed by atoms with Crippen LogP contribution in [-0.2, 0) is 17.4 Å². The Bertz CT molecular complexity index is 677. The molecule has 3 nitrogen and oxygen atoms in total. The highest BCUT2D eigenvalue weighted by Gasteiger charge is 2.54. The molecule has 0 saturated carbocycles. The molecule has 0 atom stereocenters. The molecular weight excluding hydrogens is 222 g/mol. The monoisotopic (exact) mass is 240 g/mol. The molecule has 2 aliphatic heterocycles. The van der Waals surface area contributed by atoms with Crippen molar-refractivity contribution in [3.05, 3.63) is 41.6 Å². The van der Waals surface area contributed by atoms with E-state index in [1.54, 1.807) is 0 Å². The second kappa shape index (κ2) is 2.68. The number of nitrogens with zero attached hydrogens (tertiary/aromatic N) is 3. The van der Waals surface area contributed by atoms with Crippen molar-refractivity contribution in [2.24, 2.45) is 0 Å². The highest BCUT2D eigenvalue weighted by Crippen LogP contribution is 2.50.